The van der Waals surface area contributed by atoms with Crippen molar-refractivity contribution in [2.45, 2.75) is 31.2 Å². The van der Waals surface area contributed by atoms with E-state index in [0.717, 1.165) is 0 Å². The van der Waals surface area contributed by atoms with Crippen molar-refractivity contribution in [1.29, 1.82) is 0 Å². The summed E-state index contributed by atoms with van der Waals surface area (Å²) in [5, 5.41) is 39.6. The van der Waals surface area contributed by atoms with Crippen molar-refractivity contribution in [2.75, 3.05) is 6.61 Å². The number of phenolic OH excluding ortho intramolecular Hbond substituents is 2. The Bertz CT molecular complexity index is 1050. The molecule has 1 saturated heterocycles. The van der Waals surface area contributed by atoms with Crippen LogP contribution in [0.1, 0.15) is 24.5 Å². The van der Waals surface area contributed by atoms with E-state index in [1.54, 1.807) is 12.1 Å². The normalized spacial score (nSPS) is 22.4. The van der Waals surface area contributed by atoms with Gasteiger partial charge in [-0.2, -0.15) is 0 Å². The minimum Gasteiger partial charge on any atom is -0.508 e. The van der Waals surface area contributed by atoms with Crippen molar-refractivity contribution in [3.05, 3.63) is 58.4 Å². The van der Waals surface area contributed by atoms with Gasteiger partial charge in [-0.3, -0.25) is 4.79 Å². The van der Waals surface area contributed by atoms with E-state index >= 15 is 0 Å². The highest BCUT2D eigenvalue weighted by Gasteiger charge is 2.32. The minimum absolute atomic E-state index is 0.0903. The maximum atomic E-state index is 13.0. The summed E-state index contributed by atoms with van der Waals surface area (Å²) in [5.41, 5.74) is 1.09. The molecule has 0 saturated carbocycles. The average Bonchev–Trinajstić information content (AvgIpc) is 2.68. The summed E-state index contributed by atoms with van der Waals surface area (Å²) < 4.78 is 11.5. The van der Waals surface area contributed by atoms with Gasteiger partial charge >= 0.3 is 0 Å². The van der Waals surface area contributed by atoms with Crippen molar-refractivity contribution < 1.29 is 29.6 Å². The van der Waals surface area contributed by atoms with Crippen molar-refractivity contribution in [3.63, 3.8) is 0 Å². The maximum absolute atomic E-state index is 13.0. The fourth-order valence-corrected chi connectivity index (χ4v) is 3.66. The lowest BCUT2D eigenvalue weighted by atomic mass is 9.94. The van der Waals surface area contributed by atoms with Crippen LogP contribution in [0.15, 0.2) is 51.9 Å². The number of aliphatic hydroxyl groups excluding tert-OH is 2. The fraction of sp³-hybridized carbons (Fsp3) is 0.286. The molecule has 0 amide bonds. The molecule has 7 nitrogen and oxygen atoms in total. The van der Waals surface area contributed by atoms with Gasteiger partial charge in [0.15, 0.2) is 0 Å². The molecule has 4 N–H and O–H groups in total. The monoisotopic (exact) mass is 384 g/mol. The number of hydrogen-bond acceptors (Lipinski definition) is 7. The van der Waals surface area contributed by atoms with Crippen LogP contribution in [0.25, 0.3) is 22.1 Å². The number of aromatic hydroxyl groups is 2. The Kier molecular flexibility index (Phi) is 4.80. The first-order chi connectivity index (χ1) is 13.5. The molecule has 1 aromatic heterocycles. The van der Waals surface area contributed by atoms with Crippen LogP contribution in [-0.4, -0.2) is 39.2 Å². The van der Waals surface area contributed by atoms with E-state index in [1.807, 2.05) is 0 Å². The number of rotatable bonds is 3. The number of phenols is 2. The highest BCUT2D eigenvalue weighted by atomic mass is 16.5. The third kappa shape index (κ3) is 3.24. The van der Waals surface area contributed by atoms with Crippen LogP contribution in [0.4, 0.5) is 0 Å². The lowest BCUT2D eigenvalue weighted by molar-refractivity contribution is -0.114. The highest BCUT2D eigenvalue weighted by Crippen LogP contribution is 2.40. The molecule has 0 aliphatic carbocycles. The molecule has 1 aliphatic heterocycles. The smallest absolute Gasteiger partial charge is 0.200 e. The molecule has 1 aliphatic rings. The molecule has 28 heavy (non-hydrogen) atoms. The van der Waals surface area contributed by atoms with Crippen molar-refractivity contribution in [2.24, 2.45) is 0 Å². The number of hydrogen-bond donors (Lipinski definition) is 4. The highest BCUT2D eigenvalue weighted by molar-refractivity contribution is 5.86. The first kappa shape index (κ1) is 18.5. The predicted octanol–water partition coefficient (Wildman–Crippen LogP) is 2.44. The first-order valence-corrected chi connectivity index (χ1v) is 8.99. The Morgan fingerprint density at radius 2 is 1.79 bits per heavy atom. The number of aliphatic hydroxyl groups is 2. The Labute approximate surface area is 160 Å². The summed E-state index contributed by atoms with van der Waals surface area (Å²) >= 11 is 0. The number of ether oxygens (including phenoxy) is 1. The summed E-state index contributed by atoms with van der Waals surface area (Å²) in [4.78, 5) is 13.0. The lowest BCUT2D eigenvalue weighted by Gasteiger charge is -2.32. The van der Waals surface area contributed by atoms with Crippen LogP contribution < -0.4 is 5.43 Å². The van der Waals surface area contributed by atoms with Crippen LogP contribution in [0, 0.1) is 0 Å². The predicted molar refractivity (Wildman–Crippen MR) is 101 cm³/mol. The largest absolute Gasteiger partial charge is 0.508 e. The van der Waals surface area contributed by atoms with E-state index in [2.05, 4.69) is 0 Å². The zero-order valence-electron chi connectivity index (χ0n) is 14.9. The van der Waals surface area contributed by atoms with Gasteiger partial charge in [0.05, 0.1) is 41.4 Å². The average molecular weight is 384 g/mol. The topological polar surface area (TPSA) is 120 Å². The summed E-state index contributed by atoms with van der Waals surface area (Å²) in [6.07, 6.45) is -0.157. The van der Waals surface area contributed by atoms with Gasteiger partial charge in [0.1, 0.15) is 23.3 Å². The summed E-state index contributed by atoms with van der Waals surface area (Å²) in [6.45, 7) is -0.256. The zero-order chi connectivity index (χ0) is 19.8. The van der Waals surface area contributed by atoms with Gasteiger partial charge < -0.3 is 29.6 Å². The minimum atomic E-state index is -0.715. The standard InChI is InChI=1S/C21H20O7/c22-9-14-7-13(24)8-18(28-14)19-17(25)6-5-15-20(26)16(10-27-21(15)19)11-1-3-12(23)4-2-11/h1-6,10,13-14,18,22-25H,7-9H2/t13-,14-,18+/m0/s1. The molecular formula is C21H20O7. The molecule has 3 atom stereocenters. The van der Waals surface area contributed by atoms with Crippen LogP contribution in [-0.2, 0) is 4.74 Å². The lowest BCUT2D eigenvalue weighted by Crippen LogP contribution is -2.33. The van der Waals surface area contributed by atoms with Gasteiger partial charge in [0.25, 0.3) is 0 Å². The van der Waals surface area contributed by atoms with Gasteiger partial charge in [-0.05, 0) is 29.8 Å². The van der Waals surface area contributed by atoms with Gasteiger partial charge in [-0.1, -0.05) is 12.1 Å². The third-order valence-corrected chi connectivity index (χ3v) is 5.04. The van der Waals surface area contributed by atoms with Crippen LogP contribution >= 0.6 is 0 Å². The molecule has 2 aromatic carbocycles. The summed E-state index contributed by atoms with van der Waals surface area (Å²) in [5.74, 6) is -0.0172. The molecule has 0 bridgehead atoms. The molecule has 3 aromatic rings. The molecule has 0 spiro atoms. The van der Waals surface area contributed by atoms with Crippen molar-refractivity contribution in [3.8, 4) is 22.6 Å². The Morgan fingerprint density at radius 1 is 1.04 bits per heavy atom. The van der Waals surface area contributed by atoms with Gasteiger partial charge in [0, 0.05) is 12.8 Å². The number of benzene rings is 2. The Hall–Kier alpha value is -2.87. The third-order valence-electron chi connectivity index (χ3n) is 5.04. The number of fused-ring (bicyclic) bond motifs is 1. The van der Waals surface area contributed by atoms with E-state index in [0.29, 0.717) is 17.5 Å². The molecule has 0 unspecified atom stereocenters. The van der Waals surface area contributed by atoms with Gasteiger partial charge in [-0.15, -0.1) is 0 Å². The molecule has 4 rings (SSSR count). The second kappa shape index (κ2) is 7.27. The molecular weight excluding hydrogens is 364 g/mol. The maximum Gasteiger partial charge on any atom is 0.200 e. The van der Waals surface area contributed by atoms with Crippen molar-refractivity contribution in [1.82, 2.24) is 0 Å². The SMILES string of the molecule is O=c1c(-c2ccc(O)cc2)coc2c([C@H]3C[C@@H](O)C[C@@H](CO)O3)c(O)ccc12. The molecule has 7 heteroatoms. The second-order valence-electron chi connectivity index (χ2n) is 6.95. The quantitative estimate of drug-likeness (QED) is 0.547. The molecule has 0 radical (unpaired) electrons. The molecule has 2 heterocycles. The Balaban J connectivity index is 1.84. The van der Waals surface area contributed by atoms with E-state index in [1.165, 1.54) is 30.5 Å². The first-order valence-electron chi connectivity index (χ1n) is 8.99. The van der Waals surface area contributed by atoms with Crippen molar-refractivity contribution >= 4 is 11.0 Å². The van der Waals surface area contributed by atoms with E-state index < -0.39 is 18.3 Å². The van der Waals surface area contributed by atoms with E-state index in [4.69, 9.17) is 9.15 Å². The second-order valence-corrected chi connectivity index (χ2v) is 6.95. The van der Waals surface area contributed by atoms with Gasteiger partial charge in [0.2, 0.25) is 5.43 Å². The van der Waals surface area contributed by atoms with E-state index in [-0.39, 0.29) is 46.5 Å². The summed E-state index contributed by atoms with van der Waals surface area (Å²) in [6, 6.07) is 9.06. The molecule has 1 fully saturated rings. The molecule has 146 valence electrons. The fourth-order valence-electron chi connectivity index (χ4n) is 3.66. The van der Waals surface area contributed by atoms with Crippen LogP contribution in [0.5, 0.6) is 11.5 Å². The van der Waals surface area contributed by atoms with Gasteiger partial charge in [-0.25, -0.2) is 0 Å². The van der Waals surface area contributed by atoms with E-state index in [9.17, 15) is 25.2 Å². The zero-order valence-corrected chi connectivity index (χ0v) is 14.9. The Morgan fingerprint density at radius 3 is 2.50 bits per heavy atom. The van der Waals surface area contributed by atoms with Crippen LogP contribution in [0.3, 0.4) is 0 Å². The van der Waals surface area contributed by atoms with Crippen LogP contribution in [0.2, 0.25) is 0 Å². The summed E-state index contributed by atoms with van der Waals surface area (Å²) in [7, 11) is 0.